The number of hydrogen-bond acceptors (Lipinski definition) is 7. The molecule has 2 aromatic rings. The van der Waals surface area contributed by atoms with E-state index in [4.69, 9.17) is 14.7 Å². The summed E-state index contributed by atoms with van der Waals surface area (Å²) in [5.41, 5.74) is 2.04. The summed E-state index contributed by atoms with van der Waals surface area (Å²) in [5, 5.41) is 15.4. The summed E-state index contributed by atoms with van der Waals surface area (Å²) in [4.78, 5) is 9.58. The third-order valence-corrected chi connectivity index (χ3v) is 6.09. The molecule has 0 radical (unpaired) electrons. The Kier molecular flexibility index (Phi) is 4.40. The Morgan fingerprint density at radius 1 is 1.11 bits per heavy atom. The van der Waals surface area contributed by atoms with E-state index >= 15 is 0 Å². The van der Waals surface area contributed by atoms with Crippen molar-refractivity contribution in [1.82, 2.24) is 24.9 Å². The van der Waals surface area contributed by atoms with E-state index in [-0.39, 0.29) is 6.04 Å². The number of nitrogens with zero attached hydrogens (tertiary/aromatic N) is 4. The molecule has 3 N–H and O–H groups in total. The summed E-state index contributed by atoms with van der Waals surface area (Å²) in [6, 6.07) is 1.97. The van der Waals surface area contributed by atoms with Crippen molar-refractivity contribution in [3.05, 3.63) is 11.8 Å². The number of aromatic nitrogens is 4. The Bertz CT molecular complexity index is 802. The molecule has 5 rings (SSSR count). The highest BCUT2D eigenvalue weighted by Gasteiger charge is 2.34. The van der Waals surface area contributed by atoms with Gasteiger partial charge in [0.1, 0.15) is 0 Å². The van der Waals surface area contributed by atoms with Crippen LogP contribution in [-0.4, -0.2) is 57.0 Å². The molecule has 27 heavy (non-hydrogen) atoms. The van der Waals surface area contributed by atoms with E-state index in [0.29, 0.717) is 36.6 Å². The zero-order valence-corrected chi connectivity index (χ0v) is 16.1. The molecule has 3 aliphatic rings. The second kappa shape index (κ2) is 6.91. The Morgan fingerprint density at radius 2 is 1.93 bits per heavy atom. The zero-order valence-electron chi connectivity index (χ0n) is 16.1. The molecule has 2 bridgehead atoms. The molecule has 146 valence electrons. The molecule has 3 aliphatic heterocycles. The van der Waals surface area contributed by atoms with Gasteiger partial charge in [0, 0.05) is 30.3 Å². The number of piperidine rings is 1. The first kappa shape index (κ1) is 17.2. The van der Waals surface area contributed by atoms with Crippen molar-refractivity contribution < 1.29 is 4.74 Å². The minimum Gasteiger partial charge on any atom is -0.379 e. The molecule has 0 aromatic carbocycles. The fraction of sp³-hybridized carbons (Fsp3) is 0.737. The minimum atomic E-state index is 0.278. The molecular formula is C19H29N7O. The van der Waals surface area contributed by atoms with Gasteiger partial charge in [-0.15, -0.1) is 0 Å². The average Bonchev–Trinajstić information content (AvgIpc) is 3.35. The van der Waals surface area contributed by atoms with Crippen molar-refractivity contribution in [2.45, 2.75) is 76.0 Å². The highest BCUT2D eigenvalue weighted by atomic mass is 16.5. The first-order valence-electron chi connectivity index (χ1n) is 10.3. The lowest BCUT2D eigenvalue weighted by Crippen LogP contribution is -2.43. The molecule has 3 unspecified atom stereocenters. The summed E-state index contributed by atoms with van der Waals surface area (Å²) in [6.07, 6.45) is 7.77. The molecule has 0 amide bonds. The number of hydrogen-bond donors (Lipinski definition) is 3. The molecule has 8 heteroatoms. The van der Waals surface area contributed by atoms with Gasteiger partial charge in [0.15, 0.2) is 5.65 Å². The first-order valence-corrected chi connectivity index (χ1v) is 10.3. The van der Waals surface area contributed by atoms with E-state index < -0.39 is 0 Å². The molecule has 2 aromatic heterocycles. The maximum atomic E-state index is 5.49. The fourth-order valence-corrected chi connectivity index (χ4v) is 4.65. The van der Waals surface area contributed by atoms with E-state index in [2.05, 4.69) is 34.9 Å². The number of rotatable bonds is 5. The van der Waals surface area contributed by atoms with E-state index in [9.17, 15) is 0 Å². The SMILES string of the molecule is CC(C)c1cnn2c(NC3CC4CCC(C3)N4)nc(NC3CCOC3)nc12. The maximum absolute atomic E-state index is 5.49. The van der Waals surface area contributed by atoms with Gasteiger partial charge in [-0.05, 0) is 38.0 Å². The molecule has 0 spiro atoms. The number of ether oxygens (including phenoxy) is 1. The van der Waals surface area contributed by atoms with Crippen LogP contribution in [0.4, 0.5) is 11.9 Å². The summed E-state index contributed by atoms with van der Waals surface area (Å²) >= 11 is 0. The van der Waals surface area contributed by atoms with Crippen LogP contribution in [0.15, 0.2) is 6.20 Å². The smallest absolute Gasteiger partial charge is 0.229 e. The third kappa shape index (κ3) is 3.36. The largest absolute Gasteiger partial charge is 0.379 e. The van der Waals surface area contributed by atoms with Gasteiger partial charge >= 0.3 is 0 Å². The van der Waals surface area contributed by atoms with Gasteiger partial charge in [-0.25, -0.2) is 0 Å². The van der Waals surface area contributed by atoms with Crippen molar-refractivity contribution in [3.63, 3.8) is 0 Å². The quantitative estimate of drug-likeness (QED) is 0.742. The summed E-state index contributed by atoms with van der Waals surface area (Å²) in [5.74, 6) is 1.82. The lowest BCUT2D eigenvalue weighted by Gasteiger charge is -2.30. The van der Waals surface area contributed by atoms with Crippen LogP contribution < -0.4 is 16.0 Å². The van der Waals surface area contributed by atoms with Crippen LogP contribution in [0.25, 0.3) is 5.65 Å². The molecule has 0 saturated carbocycles. The normalized spacial score (nSPS) is 30.3. The van der Waals surface area contributed by atoms with Crippen molar-refractivity contribution in [2.75, 3.05) is 23.8 Å². The molecule has 3 saturated heterocycles. The fourth-order valence-electron chi connectivity index (χ4n) is 4.65. The Morgan fingerprint density at radius 3 is 2.63 bits per heavy atom. The number of fused-ring (bicyclic) bond motifs is 3. The van der Waals surface area contributed by atoms with E-state index in [1.165, 1.54) is 12.8 Å². The monoisotopic (exact) mass is 371 g/mol. The summed E-state index contributed by atoms with van der Waals surface area (Å²) in [7, 11) is 0. The number of anilines is 2. The van der Waals surface area contributed by atoms with Gasteiger partial charge in [0.05, 0.1) is 18.8 Å². The molecule has 5 heterocycles. The van der Waals surface area contributed by atoms with E-state index in [0.717, 1.165) is 43.0 Å². The van der Waals surface area contributed by atoms with Crippen molar-refractivity contribution in [3.8, 4) is 0 Å². The van der Waals surface area contributed by atoms with Gasteiger partial charge in [-0.3, -0.25) is 0 Å². The molecule has 3 atom stereocenters. The number of nitrogens with one attached hydrogen (secondary N) is 3. The van der Waals surface area contributed by atoms with Crippen LogP contribution in [0.1, 0.15) is 57.4 Å². The minimum absolute atomic E-state index is 0.278. The summed E-state index contributed by atoms with van der Waals surface area (Å²) in [6.45, 7) is 5.86. The second-order valence-electron chi connectivity index (χ2n) is 8.52. The van der Waals surface area contributed by atoms with Crippen LogP contribution in [-0.2, 0) is 4.74 Å². The molecular weight excluding hydrogens is 342 g/mol. The van der Waals surface area contributed by atoms with Crippen LogP contribution >= 0.6 is 0 Å². The van der Waals surface area contributed by atoms with E-state index in [1.807, 2.05) is 10.7 Å². The Labute approximate surface area is 159 Å². The third-order valence-electron chi connectivity index (χ3n) is 6.09. The van der Waals surface area contributed by atoms with E-state index in [1.54, 1.807) is 0 Å². The molecule has 8 nitrogen and oxygen atoms in total. The predicted molar refractivity (Wildman–Crippen MR) is 104 cm³/mol. The lowest BCUT2D eigenvalue weighted by atomic mass is 10.0. The van der Waals surface area contributed by atoms with Gasteiger partial charge in [0.2, 0.25) is 11.9 Å². The van der Waals surface area contributed by atoms with Crippen molar-refractivity contribution in [1.29, 1.82) is 0 Å². The highest BCUT2D eigenvalue weighted by molar-refractivity contribution is 5.56. The Hall–Kier alpha value is -1.93. The Balaban J connectivity index is 1.47. The molecule has 3 fully saturated rings. The average molecular weight is 371 g/mol. The highest BCUT2D eigenvalue weighted by Crippen LogP contribution is 2.29. The predicted octanol–water partition coefficient (Wildman–Crippen LogP) is 2.14. The molecule has 0 aliphatic carbocycles. The van der Waals surface area contributed by atoms with Crippen LogP contribution in [0, 0.1) is 0 Å². The topological polar surface area (TPSA) is 88.4 Å². The standard InChI is InChI=1S/C19H29N7O/c1-11(2)16-9-20-26-17(16)24-18(22-14-5-6-27-10-14)25-19(26)23-15-7-12-3-4-13(8-15)21-12/h9,11-15,21H,3-8,10H2,1-2H3,(H2,22,23,24,25). The maximum Gasteiger partial charge on any atom is 0.229 e. The zero-order chi connectivity index (χ0) is 18.4. The summed E-state index contributed by atoms with van der Waals surface area (Å²) < 4.78 is 7.36. The van der Waals surface area contributed by atoms with Crippen LogP contribution in [0.2, 0.25) is 0 Å². The van der Waals surface area contributed by atoms with Gasteiger partial charge < -0.3 is 20.7 Å². The van der Waals surface area contributed by atoms with Crippen LogP contribution in [0.5, 0.6) is 0 Å². The lowest BCUT2D eigenvalue weighted by molar-refractivity contribution is 0.195. The van der Waals surface area contributed by atoms with Crippen molar-refractivity contribution in [2.24, 2.45) is 0 Å². The van der Waals surface area contributed by atoms with Gasteiger partial charge in [0.25, 0.3) is 0 Å². The second-order valence-corrected chi connectivity index (χ2v) is 8.52. The first-order chi connectivity index (χ1) is 13.2. The van der Waals surface area contributed by atoms with Crippen molar-refractivity contribution >= 4 is 17.5 Å². The van der Waals surface area contributed by atoms with Gasteiger partial charge in [-0.2, -0.15) is 19.6 Å². The van der Waals surface area contributed by atoms with Gasteiger partial charge in [-0.1, -0.05) is 13.8 Å². The van der Waals surface area contributed by atoms with Crippen LogP contribution in [0.3, 0.4) is 0 Å².